The molecular formula is C12H16BNO. The quantitative estimate of drug-likeness (QED) is 0.654. The van der Waals surface area contributed by atoms with E-state index in [1.54, 1.807) is 0 Å². The van der Waals surface area contributed by atoms with Crippen LogP contribution in [0.3, 0.4) is 0 Å². The van der Waals surface area contributed by atoms with Crippen LogP contribution in [0.4, 0.5) is 0 Å². The van der Waals surface area contributed by atoms with Crippen molar-refractivity contribution in [3.63, 3.8) is 0 Å². The van der Waals surface area contributed by atoms with Crippen LogP contribution in [0, 0.1) is 0 Å². The molecule has 78 valence electrons. The maximum absolute atomic E-state index is 5.64. The van der Waals surface area contributed by atoms with Crippen molar-refractivity contribution in [3.05, 3.63) is 29.8 Å². The van der Waals surface area contributed by atoms with Gasteiger partial charge < -0.3 is 4.74 Å². The van der Waals surface area contributed by atoms with Crippen LogP contribution in [-0.2, 0) is 11.2 Å². The first-order chi connectivity index (χ1) is 7.34. The number of benzene rings is 1. The first-order valence-electron chi connectivity index (χ1n) is 5.49. The van der Waals surface area contributed by atoms with Crippen LogP contribution in [0.2, 0.25) is 0 Å². The van der Waals surface area contributed by atoms with Crippen molar-refractivity contribution in [3.8, 4) is 0 Å². The third-order valence-electron chi connectivity index (χ3n) is 2.80. The van der Waals surface area contributed by atoms with E-state index < -0.39 is 0 Å². The molecule has 1 saturated heterocycles. The van der Waals surface area contributed by atoms with Gasteiger partial charge in [-0.3, -0.25) is 4.90 Å². The molecule has 0 aromatic heterocycles. The summed E-state index contributed by atoms with van der Waals surface area (Å²) in [6.07, 6.45) is 1.10. The Morgan fingerprint density at radius 1 is 1.13 bits per heavy atom. The standard InChI is InChI=1S/C12H16BNO/c13-12-3-1-11(2-4-12)5-6-14-7-9-15-10-8-14/h1-4H,5-10H2. The molecule has 1 fully saturated rings. The highest BCUT2D eigenvalue weighted by molar-refractivity contribution is 6.32. The van der Waals surface area contributed by atoms with Gasteiger partial charge in [-0.05, 0) is 12.0 Å². The van der Waals surface area contributed by atoms with Crippen LogP contribution >= 0.6 is 0 Å². The van der Waals surface area contributed by atoms with Gasteiger partial charge in [-0.2, -0.15) is 0 Å². The van der Waals surface area contributed by atoms with Crippen molar-refractivity contribution in [1.82, 2.24) is 4.90 Å². The van der Waals surface area contributed by atoms with E-state index >= 15 is 0 Å². The summed E-state index contributed by atoms with van der Waals surface area (Å²) in [5.41, 5.74) is 2.20. The van der Waals surface area contributed by atoms with Crippen LogP contribution in [0.15, 0.2) is 24.3 Å². The van der Waals surface area contributed by atoms with Crippen molar-refractivity contribution in [1.29, 1.82) is 0 Å². The highest BCUT2D eigenvalue weighted by atomic mass is 16.5. The number of hydrogen-bond donors (Lipinski definition) is 0. The molecule has 2 radical (unpaired) electrons. The molecule has 1 aromatic rings. The highest BCUT2D eigenvalue weighted by Gasteiger charge is 2.09. The van der Waals surface area contributed by atoms with Crippen LogP contribution in [0.25, 0.3) is 0 Å². The number of rotatable bonds is 3. The summed E-state index contributed by atoms with van der Waals surface area (Å²) in [6, 6.07) is 8.15. The molecule has 0 N–H and O–H groups in total. The molecule has 1 aliphatic rings. The second-order valence-electron chi connectivity index (χ2n) is 3.95. The molecule has 2 rings (SSSR count). The van der Waals surface area contributed by atoms with Gasteiger partial charge in [-0.25, -0.2) is 0 Å². The van der Waals surface area contributed by atoms with E-state index in [0.29, 0.717) is 0 Å². The second kappa shape index (κ2) is 5.33. The molecule has 1 heterocycles. The number of nitrogens with zero attached hydrogens (tertiary/aromatic N) is 1. The van der Waals surface area contributed by atoms with Gasteiger partial charge >= 0.3 is 0 Å². The lowest BCUT2D eigenvalue weighted by Crippen LogP contribution is -2.37. The molecule has 2 nitrogen and oxygen atoms in total. The van der Waals surface area contributed by atoms with E-state index in [1.807, 2.05) is 12.1 Å². The van der Waals surface area contributed by atoms with Gasteiger partial charge in [-0.1, -0.05) is 29.7 Å². The molecule has 0 amide bonds. The highest BCUT2D eigenvalue weighted by Crippen LogP contribution is 2.02. The minimum absolute atomic E-state index is 0.838. The van der Waals surface area contributed by atoms with Crippen molar-refractivity contribution >= 4 is 13.3 Å². The van der Waals surface area contributed by atoms with Gasteiger partial charge in [0.25, 0.3) is 0 Å². The lowest BCUT2D eigenvalue weighted by atomic mass is 9.95. The predicted octanol–water partition coefficient (Wildman–Crippen LogP) is 0.355. The molecule has 1 aliphatic heterocycles. The van der Waals surface area contributed by atoms with E-state index in [2.05, 4.69) is 17.0 Å². The Morgan fingerprint density at radius 3 is 2.47 bits per heavy atom. The van der Waals surface area contributed by atoms with E-state index in [0.717, 1.165) is 44.7 Å². The van der Waals surface area contributed by atoms with Gasteiger partial charge in [0.1, 0.15) is 7.85 Å². The van der Waals surface area contributed by atoms with Crippen LogP contribution in [0.5, 0.6) is 0 Å². The zero-order valence-electron chi connectivity index (χ0n) is 8.98. The molecule has 0 spiro atoms. The van der Waals surface area contributed by atoms with Crippen molar-refractivity contribution in [2.75, 3.05) is 32.8 Å². The number of hydrogen-bond acceptors (Lipinski definition) is 2. The summed E-state index contributed by atoms with van der Waals surface area (Å²) in [4.78, 5) is 2.44. The minimum atomic E-state index is 0.838. The fourth-order valence-corrected chi connectivity index (χ4v) is 1.80. The fraction of sp³-hybridized carbons (Fsp3) is 0.500. The fourth-order valence-electron chi connectivity index (χ4n) is 1.80. The molecule has 0 bridgehead atoms. The van der Waals surface area contributed by atoms with Crippen LogP contribution in [0.1, 0.15) is 5.56 Å². The third kappa shape index (κ3) is 3.36. The van der Waals surface area contributed by atoms with E-state index in [9.17, 15) is 0 Å². The average molecular weight is 201 g/mol. The summed E-state index contributed by atoms with van der Waals surface area (Å²) in [5, 5.41) is 0. The summed E-state index contributed by atoms with van der Waals surface area (Å²) in [5.74, 6) is 0. The molecule has 0 aliphatic carbocycles. The van der Waals surface area contributed by atoms with Crippen molar-refractivity contribution in [2.24, 2.45) is 0 Å². The summed E-state index contributed by atoms with van der Waals surface area (Å²) < 4.78 is 5.31. The molecule has 15 heavy (non-hydrogen) atoms. The number of ether oxygens (including phenoxy) is 1. The van der Waals surface area contributed by atoms with Gasteiger partial charge in [-0.15, -0.1) is 0 Å². The summed E-state index contributed by atoms with van der Waals surface area (Å²) >= 11 is 0. The lowest BCUT2D eigenvalue weighted by Gasteiger charge is -2.26. The molecular weight excluding hydrogens is 185 g/mol. The Hall–Kier alpha value is -0.795. The molecule has 0 atom stereocenters. The van der Waals surface area contributed by atoms with Crippen LogP contribution in [-0.4, -0.2) is 45.6 Å². The topological polar surface area (TPSA) is 12.5 Å². The average Bonchev–Trinajstić information content (AvgIpc) is 2.30. The normalized spacial score (nSPS) is 17.9. The Labute approximate surface area is 92.6 Å². The first-order valence-corrected chi connectivity index (χ1v) is 5.49. The molecule has 0 unspecified atom stereocenters. The monoisotopic (exact) mass is 201 g/mol. The molecule has 1 aromatic carbocycles. The SMILES string of the molecule is [B]c1ccc(CCN2CCOCC2)cc1. The first kappa shape index (κ1) is 10.7. The van der Waals surface area contributed by atoms with Gasteiger partial charge in [0, 0.05) is 19.6 Å². The Balaban J connectivity index is 1.79. The lowest BCUT2D eigenvalue weighted by molar-refractivity contribution is 0.0384. The summed E-state index contributed by atoms with van der Waals surface area (Å²) in [7, 11) is 5.64. The Kier molecular flexibility index (Phi) is 3.81. The largest absolute Gasteiger partial charge is 0.379 e. The smallest absolute Gasteiger partial charge is 0.113 e. The Morgan fingerprint density at radius 2 is 1.80 bits per heavy atom. The zero-order valence-corrected chi connectivity index (χ0v) is 8.98. The van der Waals surface area contributed by atoms with Crippen LogP contribution < -0.4 is 5.46 Å². The van der Waals surface area contributed by atoms with E-state index in [1.165, 1.54) is 5.56 Å². The minimum Gasteiger partial charge on any atom is -0.379 e. The van der Waals surface area contributed by atoms with Gasteiger partial charge in [0.2, 0.25) is 0 Å². The molecule has 0 saturated carbocycles. The van der Waals surface area contributed by atoms with E-state index in [4.69, 9.17) is 12.6 Å². The van der Waals surface area contributed by atoms with Gasteiger partial charge in [0.05, 0.1) is 13.2 Å². The number of morpholine rings is 1. The maximum Gasteiger partial charge on any atom is 0.113 e. The predicted molar refractivity (Wildman–Crippen MR) is 62.8 cm³/mol. The Bertz CT molecular complexity index is 293. The zero-order chi connectivity index (χ0) is 10.5. The maximum atomic E-state index is 5.64. The van der Waals surface area contributed by atoms with Crippen molar-refractivity contribution < 1.29 is 4.74 Å². The third-order valence-corrected chi connectivity index (χ3v) is 2.80. The second-order valence-corrected chi connectivity index (χ2v) is 3.95. The van der Waals surface area contributed by atoms with E-state index in [-0.39, 0.29) is 0 Å². The molecule has 3 heteroatoms. The van der Waals surface area contributed by atoms with Gasteiger partial charge in [0.15, 0.2) is 0 Å². The van der Waals surface area contributed by atoms with Crippen molar-refractivity contribution in [2.45, 2.75) is 6.42 Å². The summed E-state index contributed by atoms with van der Waals surface area (Å²) in [6.45, 7) is 5.00.